The molecule has 158 valence electrons. The maximum atomic E-state index is 12.4. The lowest BCUT2D eigenvalue weighted by Gasteiger charge is -2.34. The van der Waals surface area contributed by atoms with Crippen LogP contribution in [0.3, 0.4) is 0 Å². The number of piperazine rings is 1. The van der Waals surface area contributed by atoms with E-state index in [9.17, 15) is 13.2 Å². The van der Waals surface area contributed by atoms with Gasteiger partial charge in [0.2, 0.25) is 15.9 Å². The molecule has 1 saturated heterocycles. The molecule has 3 rings (SSSR count). The third-order valence-corrected chi connectivity index (χ3v) is 6.66. The van der Waals surface area contributed by atoms with Gasteiger partial charge in [0.1, 0.15) is 0 Å². The largest absolute Gasteiger partial charge is 0.360 e. The Morgan fingerprint density at radius 3 is 2.45 bits per heavy atom. The van der Waals surface area contributed by atoms with Gasteiger partial charge >= 0.3 is 0 Å². The van der Waals surface area contributed by atoms with E-state index in [-0.39, 0.29) is 23.8 Å². The molecule has 29 heavy (non-hydrogen) atoms. The first-order valence-corrected chi connectivity index (χ1v) is 11.2. The lowest BCUT2D eigenvalue weighted by Crippen LogP contribution is -2.48. The van der Waals surface area contributed by atoms with Crippen molar-refractivity contribution in [2.24, 2.45) is 0 Å². The second kappa shape index (κ2) is 9.06. The molecule has 0 spiro atoms. The first-order valence-electron chi connectivity index (χ1n) is 9.74. The molecule has 1 aliphatic rings. The van der Waals surface area contributed by atoms with Crippen LogP contribution >= 0.6 is 0 Å². The van der Waals surface area contributed by atoms with E-state index in [4.69, 9.17) is 4.52 Å². The molecule has 1 amide bonds. The standard InChI is InChI=1S/C20H28N4O4S/c1-15-4-5-19(12-16(15)2)29(26,27)21-7-6-20(25)24-10-8-23(9-11-24)14-18-13-17(3)22-28-18/h4-5,12-13,21H,6-11,14H2,1-3H3. The highest BCUT2D eigenvalue weighted by Crippen LogP contribution is 2.15. The number of aryl methyl sites for hydroxylation is 3. The molecule has 1 aromatic carbocycles. The van der Waals surface area contributed by atoms with Crippen molar-refractivity contribution in [1.82, 2.24) is 19.7 Å². The summed E-state index contributed by atoms with van der Waals surface area (Å²) in [5, 5.41) is 3.89. The van der Waals surface area contributed by atoms with Crippen LogP contribution in [0.15, 0.2) is 33.7 Å². The molecule has 0 saturated carbocycles. The second-order valence-electron chi connectivity index (χ2n) is 7.49. The summed E-state index contributed by atoms with van der Waals surface area (Å²) in [4.78, 5) is 16.7. The molecular weight excluding hydrogens is 392 g/mol. The van der Waals surface area contributed by atoms with Crippen molar-refractivity contribution in [3.8, 4) is 0 Å². The van der Waals surface area contributed by atoms with E-state index in [1.807, 2.05) is 26.8 Å². The number of nitrogens with zero attached hydrogens (tertiary/aromatic N) is 3. The van der Waals surface area contributed by atoms with E-state index in [2.05, 4.69) is 14.8 Å². The van der Waals surface area contributed by atoms with Crippen molar-refractivity contribution >= 4 is 15.9 Å². The smallest absolute Gasteiger partial charge is 0.240 e. The normalized spacial score (nSPS) is 15.6. The Kier molecular flexibility index (Phi) is 6.71. The van der Waals surface area contributed by atoms with Gasteiger partial charge in [-0.2, -0.15) is 0 Å². The summed E-state index contributed by atoms with van der Waals surface area (Å²) >= 11 is 0. The average Bonchev–Trinajstić information content (AvgIpc) is 3.09. The van der Waals surface area contributed by atoms with Gasteiger partial charge in [0, 0.05) is 45.2 Å². The number of hydrogen-bond donors (Lipinski definition) is 1. The topological polar surface area (TPSA) is 95.8 Å². The molecule has 0 unspecified atom stereocenters. The first kappa shape index (κ1) is 21.5. The minimum absolute atomic E-state index is 0.0389. The van der Waals surface area contributed by atoms with Crippen LogP contribution in [0.1, 0.15) is 29.0 Å². The number of nitrogens with one attached hydrogen (secondary N) is 1. The van der Waals surface area contributed by atoms with E-state index in [0.29, 0.717) is 19.6 Å². The third kappa shape index (κ3) is 5.65. The highest BCUT2D eigenvalue weighted by atomic mass is 32.2. The van der Waals surface area contributed by atoms with Gasteiger partial charge in [-0.05, 0) is 44.0 Å². The molecule has 2 aromatic rings. The van der Waals surface area contributed by atoms with Gasteiger partial charge in [0.15, 0.2) is 5.76 Å². The number of benzene rings is 1. The molecule has 0 radical (unpaired) electrons. The predicted molar refractivity (Wildman–Crippen MR) is 109 cm³/mol. The number of carbonyl (C=O) groups is 1. The number of rotatable bonds is 7. The molecule has 0 atom stereocenters. The summed E-state index contributed by atoms with van der Waals surface area (Å²) in [5.74, 6) is 0.783. The number of hydrogen-bond acceptors (Lipinski definition) is 6. The van der Waals surface area contributed by atoms with Crippen molar-refractivity contribution < 1.29 is 17.7 Å². The number of sulfonamides is 1. The van der Waals surface area contributed by atoms with Crippen LogP contribution in [-0.4, -0.2) is 62.0 Å². The molecule has 1 aliphatic heterocycles. The van der Waals surface area contributed by atoms with Crippen molar-refractivity contribution in [2.75, 3.05) is 32.7 Å². The summed E-state index contributed by atoms with van der Waals surface area (Å²) in [5.41, 5.74) is 2.82. The molecule has 8 nitrogen and oxygen atoms in total. The second-order valence-corrected chi connectivity index (χ2v) is 9.25. The highest BCUT2D eigenvalue weighted by Gasteiger charge is 2.22. The molecule has 0 aliphatic carbocycles. The van der Waals surface area contributed by atoms with Crippen LogP contribution in [0, 0.1) is 20.8 Å². The van der Waals surface area contributed by atoms with E-state index < -0.39 is 10.0 Å². The zero-order chi connectivity index (χ0) is 21.0. The quantitative estimate of drug-likeness (QED) is 0.731. The Hall–Kier alpha value is -2.23. The van der Waals surface area contributed by atoms with Crippen LogP contribution < -0.4 is 4.72 Å². The van der Waals surface area contributed by atoms with Crippen LogP contribution in [0.4, 0.5) is 0 Å². The van der Waals surface area contributed by atoms with E-state index in [0.717, 1.165) is 35.7 Å². The Bertz CT molecular complexity index is 963. The predicted octanol–water partition coefficient (Wildman–Crippen LogP) is 1.61. The van der Waals surface area contributed by atoms with Gasteiger partial charge in [0.25, 0.3) is 0 Å². The Balaban J connectivity index is 1.43. The van der Waals surface area contributed by atoms with E-state index >= 15 is 0 Å². The number of amides is 1. The summed E-state index contributed by atoms with van der Waals surface area (Å²) in [6.07, 6.45) is 0.144. The Labute approximate surface area is 171 Å². The summed E-state index contributed by atoms with van der Waals surface area (Å²) in [6.45, 7) is 9.21. The van der Waals surface area contributed by atoms with Crippen LogP contribution in [-0.2, 0) is 21.4 Å². The monoisotopic (exact) mass is 420 g/mol. The number of aromatic nitrogens is 1. The zero-order valence-corrected chi connectivity index (χ0v) is 18.0. The highest BCUT2D eigenvalue weighted by molar-refractivity contribution is 7.89. The first-order chi connectivity index (χ1) is 13.7. The summed E-state index contributed by atoms with van der Waals surface area (Å²) in [6, 6.07) is 6.93. The van der Waals surface area contributed by atoms with Crippen molar-refractivity contribution in [1.29, 1.82) is 0 Å². The molecule has 9 heteroatoms. The average molecular weight is 421 g/mol. The summed E-state index contributed by atoms with van der Waals surface area (Å²) in [7, 11) is -3.61. The molecule has 1 fully saturated rings. The van der Waals surface area contributed by atoms with Gasteiger partial charge in [-0.1, -0.05) is 11.2 Å². The fourth-order valence-corrected chi connectivity index (χ4v) is 4.40. The minimum Gasteiger partial charge on any atom is -0.360 e. The van der Waals surface area contributed by atoms with Gasteiger partial charge < -0.3 is 9.42 Å². The van der Waals surface area contributed by atoms with Gasteiger partial charge in [0.05, 0.1) is 17.1 Å². The maximum absolute atomic E-state index is 12.4. The molecule has 1 aromatic heterocycles. The lowest BCUT2D eigenvalue weighted by molar-refractivity contribution is -0.132. The van der Waals surface area contributed by atoms with Gasteiger partial charge in [-0.3, -0.25) is 9.69 Å². The van der Waals surface area contributed by atoms with E-state index in [1.165, 1.54) is 0 Å². The zero-order valence-electron chi connectivity index (χ0n) is 17.1. The van der Waals surface area contributed by atoms with Crippen molar-refractivity contribution in [2.45, 2.75) is 38.6 Å². The van der Waals surface area contributed by atoms with Gasteiger partial charge in [-0.25, -0.2) is 13.1 Å². The molecular formula is C20H28N4O4S. The van der Waals surface area contributed by atoms with Crippen LogP contribution in [0.5, 0.6) is 0 Å². The SMILES string of the molecule is Cc1cc(CN2CCN(C(=O)CCNS(=O)(=O)c3ccc(C)c(C)c3)CC2)on1. The van der Waals surface area contributed by atoms with E-state index in [1.54, 1.807) is 23.1 Å². The Morgan fingerprint density at radius 2 is 1.83 bits per heavy atom. The van der Waals surface area contributed by atoms with Gasteiger partial charge in [-0.15, -0.1) is 0 Å². The van der Waals surface area contributed by atoms with Crippen molar-refractivity contribution in [3.63, 3.8) is 0 Å². The minimum atomic E-state index is -3.61. The van der Waals surface area contributed by atoms with Crippen LogP contribution in [0.25, 0.3) is 0 Å². The Morgan fingerprint density at radius 1 is 1.10 bits per heavy atom. The fourth-order valence-electron chi connectivity index (χ4n) is 3.28. The maximum Gasteiger partial charge on any atom is 0.240 e. The van der Waals surface area contributed by atoms with Crippen molar-refractivity contribution in [3.05, 3.63) is 46.8 Å². The van der Waals surface area contributed by atoms with Crippen LogP contribution in [0.2, 0.25) is 0 Å². The summed E-state index contributed by atoms with van der Waals surface area (Å²) < 4.78 is 32.6. The fraction of sp³-hybridized carbons (Fsp3) is 0.500. The number of carbonyl (C=O) groups excluding carboxylic acids is 1. The molecule has 2 heterocycles. The molecule has 0 bridgehead atoms. The third-order valence-electron chi connectivity index (χ3n) is 5.20. The molecule has 1 N–H and O–H groups in total. The lowest BCUT2D eigenvalue weighted by atomic mass is 10.1.